The molecule has 0 aromatic carbocycles. The maximum atomic E-state index is 12.5. The molecule has 1 saturated heterocycles. The number of likely N-dealkylation sites (N-methyl/N-ethyl adjacent to an activating group) is 1. The Balaban J connectivity index is 0.00000220. The Morgan fingerprint density at radius 3 is 2.95 bits per heavy atom. The van der Waals surface area contributed by atoms with Crippen molar-refractivity contribution in [2.75, 3.05) is 20.1 Å². The number of carbonyl (C=O) groups excluding carboxylic acids is 2. The third-order valence-electron chi connectivity index (χ3n) is 3.44. The Kier molecular flexibility index (Phi) is 7.07. The highest BCUT2D eigenvalue weighted by Gasteiger charge is 2.32. The quantitative estimate of drug-likeness (QED) is 0.854. The predicted molar refractivity (Wildman–Crippen MR) is 84.9 cm³/mol. The first-order valence-corrected chi connectivity index (χ1v) is 7.72. The fourth-order valence-corrected chi connectivity index (χ4v) is 3.20. The van der Waals surface area contributed by atoms with Gasteiger partial charge in [0.1, 0.15) is 11.7 Å². The molecule has 1 aromatic rings. The topological polar surface area (TPSA) is 88.3 Å². The van der Waals surface area contributed by atoms with Gasteiger partial charge in [0.15, 0.2) is 0 Å². The number of halogens is 1. The van der Waals surface area contributed by atoms with Crippen molar-refractivity contribution in [3.8, 4) is 0 Å². The molecule has 2 heterocycles. The average molecular weight is 333 g/mol. The van der Waals surface area contributed by atoms with E-state index in [0.717, 1.165) is 17.8 Å². The van der Waals surface area contributed by atoms with Gasteiger partial charge in [-0.15, -0.1) is 23.7 Å². The van der Waals surface area contributed by atoms with E-state index < -0.39 is 0 Å². The molecule has 1 fully saturated rings. The van der Waals surface area contributed by atoms with Gasteiger partial charge in [0.05, 0.1) is 5.01 Å². The molecule has 0 saturated carbocycles. The van der Waals surface area contributed by atoms with Gasteiger partial charge < -0.3 is 16.0 Å². The van der Waals surface area contributed by atoms with Gasteiger partial charge in [-0.3, -0.25) is 9.59 Å². The van der Waals surface area contributed by atoms with Crippen molar-refractivity contribution in [1.82, 2.24) is 15.2 Å². The lowest BCUT2D eigenvalue weighted by Crippen LogP contribution is -2.51. The highest BCUT2D eigenvalue weighted by molar-refractivity contribution is 7.09. The first kappa shape index (κ1) is 17.9. The number of aromatic nitrogens is 1. The van der Waals surface area contributed by atoms with Gasteiger partial charge in [-0.05, 0) is 25.8 Å². The molecule has 1 unspecified atom stereocenters. The fraction of sp³-hybridized carbons (Fsp3) is 0.615. The van der Waals surface area contributed by atoms with E-state index >= 15 is 0 Å². The Morgan fingerprint density at radius 1 is 1.52 bits per heavy atom. The SMILES string of the molecule is CNC(=O)C1CCCCN1C(=O)c1csc(CCN)n1.Cl. The van der Waals surface area contributed by atoms with Crippen LogP contribution in [0.4, 0.5) is 0 Å². The molecule has 3 N–H and O–H groups in total. The maximum absolute atomic E-state index is 12.5. The molecule has 0 radical (unpaired) electrons. The minimum absolute atomic E-state index is 0. The summed E-state index contributed by atoms with van der Waals surface area (Å²) < 4.78 is 0. The number of rotatable bonds is 4. The largest absolute Gasteiger partial charge is 0.357 e. The second-order valence-corrected chi connectivity index (χ2v) is 5.73. The predicted octanol–water partition coefficient (Wildman–Crippen LogP) is 0.807. The molecule has 2 rings (SSSR count). The maximum Gasteiger partial charge on any atom is 0.274 e. The van der Waals surface area contributed by atoms with Crippen LogP contribution in [0.2, 0.25) is 0 Å². The lowest BCUT2D eigenvalue weighted by atomic mass is 10.0. The summed E-state index contributed by atoms with van der Waals surface area (Å²) in [6.07, 6.45) is 3.29. The van der Waals surface area contributed by atoms with Crippen LogP contribution in [0.15, 0.2) is 5.38 Å². The highest BCUT2D eigenvalue weighted by atomic mass is 35.5. The zero-order chi connectivity index (χ0) is 14.5. The van der Waals surface area contributed by atoms with Crippen LogP contribution in [0.25, 0.3) is 0 Å². The van der Waals surface area contributed by atoms with Gasteiger partial charge >= 0.3 is 0 Å². The zero-order valence-corrected chi connectivity index (χ0v) is 13.6. The lowest BCUT2D eigenvalue weighted by Gasteiger charge is -2.33. The van der Waals surface area contributed by atoms with Crippen molar-refractivity contribution >= 4 is 35.6 Å². The van der Waals surface area contributed by atoms with E-state index in [0.29, 0.717) is 31.6 Å². The van der Waals surface area contributed by atoms with Crippen LogP contribution in [0.3, 0.4) is 0 Å². The third kappa shape index (κ3) is 4.15. The third-order valence-corrected chi connectivity index (χ3v) is 4.35. The van der Waals surface area contributed by atoms with Crippen LogP contribution in [0, 0.1) is 0 Å². The molecule has 1 aromatic heterocycles. The van der Waals surface area contributed by atoms with Crippen molar-refractivity contribution in [2.45, 2.75) is 31.7 Å². The number of carbonyl (C=O) groups is 2. The average Bonchev–Trinajstić information content (AvgIpc) is 2.94. The van der Waals surface area contributed by atoms with Crippen LogP contribution in [-0.4, -0.2) is 47.9 Å². The van der Waals surface area contributed by atoms with Crippen LogP contribution in [0.1, 0.15) is 34.8 Å². The van der Waals surface area contributed by atoms with E-state index in [1.807, 2.05) is 0 Å². The molecular weight excluding hydrogens is 312 g/mol. The summed E-state index contributed by atoms with van der Waals surface area (Å²) >= 11 is 1.44. The molecule has 8 heteroatoms. The first-order valence-electron chi connectivity index (χ1n) is 6.84. The van der Waals surface area contributed by atoms with Crippen LogP contribution < -0.4 is 11.1 Å². The summed E-state index contributed by atoms with van der Waals surface area (Å²) in [5, 5.41) is 5.25. The van der Waals surface area contributed by atoms with Gasteiger partial charge in [0, 0.05) is 25.4 Å². The summed E-state index contributed by atoms with van der Waals surface area (Å²) in [6.45, 7) is 1.13. The van der Waals surface area contributed by atoms with Crippen molar-refractivity contribution in [3.63, 3.8) is 0 Å². The Labute approximate surface area is 134 Å². The number of nitrogens with one attached hydrogen (secondary N) is 1. The Hall–Kier alpha value is -1.18. The number of hydrogen-bond acceptors (Lipinski definition) is 5. The first-order chi connectivity index (χ1) is 9.67. The van der Waals surface area contributed by atoms with Crippen LogP contribution in [0.5, 0.6) is 0 Å². The van der Waals surface area contributed by atoms with Gasteiger partial charge in [0.25, 0.3) is 5.91 Å². The smallest absolute Gasteiger partial charge is 0.274 e. The second-order valence-electron chi connectivity index (χ2n) is 4.79. The van der Waals surface area contributed by atoms with Gasteiger partial charge in [0.2, 0.25) is 5.91 Å². The normalized spacial score (nSPS) is 18.0. The van der Waals surface area contributed by atoms with E-state index in [1.54, 1.807) is 17.3 Å². The Morgan fingerprint density at radius 2 is 2.29 bits per heavy atom. The summed E-state index contributed by atoms with van der Waals surface area (Å²) in [5.74, 6) is -0.256. The summed E-state index contributed by atoms with van der Waals surface area (Å²) in [6, 6.07) is -0.374. The summed E-state index contributed by atoms with van der Waals surface area (Å²) in [7, 11) is 1.60. The van der Waals surface area contributed by atoms with E-state index in [2.05, 4.69) is 10.3 Å². The van der Waals surface area contributed by atoms with Crippen molar-refractivity contribution < 1.29 is 9.59 Å². The van der Waals surface area contributed by atoms with Gasteiger partial charge in [-0.25, -0.2) is 4.98 Å². The molecule has 1 aliphatic heterocycles. The second kappa shape index (κ2) is 8.31. The minimum atomic E-state index is -0.374. The number of nitrogens with zero attached hydrogens (tertiary/aromatic N) is 2. The molecule has 0 bridgehead atoms. The fourth-order valence-electron chi connectivity index (χ4n) is 2.41. The van der Waals surface area contributed by atoms with Crippen molar-refractivity contribution in [3.05, 3.63) is 16.1 Å². The summed E-state index contributed by atoms with van der Waals surface area (Å²) in [4.78, 5) is 30.3. The number of thiazole rings is 1. The lowest BCUT2D eigenvalue weighted by molar-refractivity contribution is -0.126. The van der Waals surface area contributed by atoms with Crippen LogP contribution in [-0.2, 0) is 11.2 Å². The van der Waals surface area contributed by atoms with Gasteiger partial charge in [-0.2, -0.15) is 0 Å². The van der Waals surface area contributed by atoms with Crippen molar-refractivity contribution in [2.24, 2.45) is 5.73 Å². The molecule has 118 valence electrons. The Bertz CT molecular complexity index is 494. The number of hydrogen-bond donors (Lipinski definition) is 2. The molecule has 21 heavy (non-hydrogen) atoms. The number of amides is 2. The van der Waals surface area contributed by atoms with E-state index in [1.165, 1.54) is 11.3 Å². The molecule has 1 atom stereocenters. The van der Waals surface area contributed by atoms with Gasteiger partial charge in [-0.1, -0.05) is 0 Å². The zero-order valence-electron chi connectivity index (χ0n) is 12.0. The van der Waals surface area contributed by atoms with E-state index in [9.17, 15) is 9.59 Å². The van der Waals surface area contributed by atoms with Crippen LogP contribution >= 0.6 is 23.7 Å². The standard InChI is InChI=1S/C13H20N4O2S.ClH/c1-15-12(18)10-4-2-3-7-17(10)13(19)9-8-20-11(16-9)5-6-14;/h8,10H,2-7,14H2,1H3,(H,15,18);1H. The monoisotopic (exact) mass is 332 g/mol. The van der Waals surface area contributed by atoms with E-state index in [-0.39, 0.29) is 30.3 Å². The summed E-state index contributed by atoms with van der Waals surface area (Å²) in [5.41, 5.74) is 5.91. The molecule has 6 nitrogen and oxygen atoms in total. The minimum Gasteiger partial charge on any atom is -0.357 e. The number of piperidine rings is 1. The molecule has 0 spiro atoms. The number of likely N-dealkylation sites (tertiary alicyclic amines) is 1. The molecule has 0 aliphatic carbocycles. The number of nitrogens with two attached hydrogens (primary N) is 1. The molecule has 2 amide bonds. The molecule has 1 aliphatic rings. The van der Waals surface area contributed by atoms with Crippen molar-refractivity contribution in [1.29, 1.82) is 0 Å². The molecular formula is C13H21ClN4O2S. The highest BCUT2D eigenvalue weighted by Crippen LogP contribution is 2.21. The van der Waals surface area contributed by atoms with E-state index in [4.69, 9.17) is 5.73 Å².